The van der Waals surface area contributed by atoms with Gasteiger partial charge in [-0.3, -0.25) is 0 Å². The first-order chi connectivity index (χ1) is 13.3. The lowest BCUT2D eigenvalue weighted by Crippen LogP contribution is -1.91. The molecule has 3 nitrogen and oxygen atoms in total. The van der Waals surface area contributed by atoms with Gasteiger partial charge in [0.15, 0.2) is 0 Å². The maximum Gasteiger partial charge on any atom is 0.137 e. The molecule has 0 amide bonds. The molecule has 0 saturated heterocycles. The highest BCUT2D eigenvalue weighted by Crippen LogP contribution is 2.35. The van der Waals surface area contributed by atoms with Gasteiger partial charge in [-0.15, -0.1) is 0 Å². The average Bonchev–Trinajstić information content (AvgIpc) is 3.09. The standard InChI is InChI=1S/C24H18N2O/c25-18-12-8-16(9-13-18)17-10-14-19(15-11-17)26-21-5-3-7-23-24(21)20-4-1-2-6-22(20)27-23/h1-15,26H,25H2. The smallest absolute Gasteiger partial charge is 0.137 e. The fraction of sp³-hybridized carbons (Fsp3) is 0. The molecule has 1 aromatic heterocycles. The monoisotopic (exact) mass is 350 g/mol. The first kappa shape index (κ1) is 15.5. The lowest BCUT2D eigenvalue weighted by Gasteiger charge is -2.09. The largest absolute Gasteiger partial charge is 0.456 e. The summed E-state index contributed by atoms with van der Waals surface area (Å²) in [6, 6.07) is 30.5. The fourth-order valence-corrected chi connectivity index (χ4v) is 3.46. The zero-order chi connectivity index (χ0) is 18.2. The molecule has 0 unspecified atom stereocenters. The summed E-state index contributed by atoms with van der Waals surface area (Å²) in [5.74, 6) is 0. The van der Waals surface area contributed by atoms with Crippen LogP contribution in [0.5, 0.6) is 0 Å². The molecule has 5 rings (SSSR count). The molecule has 27 heavy (non-hydrogen) atoms. The number of furan rings is 1. The van der Waals surface area contributed by atoms with Crippen molar-refractivity contribution < 1.29 is 4.42 Å². The molecule has 1 heterocycles. The van der Waals surface area contributed by atoms with Gasteiger partial charge in [-0.2, -0.15) is 0 Å². The van der Waals surface area contributed by atoms with Crippen molar-refractivity contribution in [1.29, 1.82) is 0 Å². The van der Waals surface area contributed by atoms with Gasteiger partial charge in [0, 0.05) is 16.8 Å². The van der Waals surface area contributed by atoms with Crippen molar-refractivity contribution >= 4 is 39.0 Å². The molecule has 4 aromatic carbocycles. The van der Waals surface area contributed by atoms with E-state index in [9.17, 15) is 0 Å². The van der Waals surface area contributed by atoms with Gasteiger partial charge in [0.25, 0.3) is 0 Å². The van der Waals surface area contributed by atoms with Gasteiger partial charge < -0.3 is 15.5 Å². The van der Waals surface area contributed by atoms with E-state index >= 15 is 0 Å². The summed E-state index contributed by atoms with van der Waals surface area (Å²) in [5.41, 5.74) is 12.7. The number of rotatable bonds is 3. The number of benzene rings is 4. The van der Waals surface area contributed by atoms with E-state index in [2.05, 4.69) is 41.7 Å². The number of nitrogens with one attached hydrogen (secondary N) is 1. The van der Waals surface area contributed by atoms with Gasteiger partial charge in [-0.05, 0) is 53.6 Å². The summed E-state index contributed by atoms with van der Waals surface area (Å²) in [6.45, 7) is 0. The molecule has 0 bridgehead atoms. The predicted molar refractivity (Wildman–Crippen MR) is 113 cm³/mol. The highest BCUT2D eigenvalue weighted by molar-refractivity contribution is 6.11. The second-order valence-electron chi connectivity index (χ2n) is 6.60. The molecule has 0 saturated carbocycles. The van der Waals surface area contributed by atoms with Crippen LogP contribution in [0.1, 0.15) is 0 Å². The molecular formula is C24H18N2O. The summed E-state index contributed by atoms with van der Waals surface area (Å²) in [5, 5.41) is 5.76. The highest BCUT2D eigenvalue weighted by atomic mass is 16.3. The van der Waals surface area contributed by atoms with Gasteiger partial charge in [0.1, 0.15) is 11.2 Å². The summed E-state index contributed by atoms with van der Waals surface area (Å²) >= 11 is 0. The lowest BCUT2D eigenvalue weighted by atomic mass is 10.0. The van der Waals surface area contributed by atoms with Crippen molar-refractivity contribution in [2.75, 3.05) is 11.1 Å². The molecule has 3 N–H and O–H groups in total. The lowest BCUT2D eigenvalue weighted by molar-refractivity contribution is 0.669. The maximum atomic E-state index is 5.97. The van der Waals surface area contributed by atoms with Gasteiger partial charge >= 0.3 is 0 Å². The molecular weight excluding hydrogens is 332 g/mol. The molecule has 0 spiro atoms. The van der Waals surface area contributed by atoms with E-state index in [1.165, 1.54) is 0 Å². The number of nitrogen functional groups attached to an aromatic ring is 1. The fourth-order valence-electron chi connectivity index (χ4n) is 3.46. The number of nitrogens with two attached hydrogens (primary N) is 1. The minimum atomic E-state index is 0.775. The maximum absolute atomic E-state index is 5.97. The minimum absolute atomic E-state index is 0.775. The molecule has 0 aliphatic carbocycles. The number of hydrogen-bond donors (Lipinski definition) is 2. The molecule has 3 heteroatoms. The topological polar surface area (TPSA) is 51.2 Å². The Kier molecular flexibility index (Phi) is 3.58. The Morgan fingerprint density at radius 3 is 2.07 bits per heavy atom. The van der Waals surface area contributed by atoms with Crippen LogP contribution in [0.3, 0.4) is 0 Å². The third kappa shape index (κ3) is 2.79. The molecule has 0 fully saturated rings. The molecule has 130 valence electrons. The van der Waals surface area contributed by atoms with Crippen LogP contribution in [-0.2, 0) is 0 Å². The van der Waals surface area contributed by atoms with Gasteiger partial charge in [0.2, 0.25) is 0 Å². The van der Waals surface area contributed by atoms with Crippen LogP contribution in [-0.4, -0.2) is 0 Å². The van der Waals surface area contributed by atoms with Crippen LogP contribution in [0.15, 0.2) is 95.4 Å². The van der Waals surface area contributed by atoms with Crippen LogP contribution >= 0.6 is 0 Å². The van der Waals surface area contributed by atoms with Crippen molar-refractivity contribution in [2.45, 2.75) is 0 Å². The van der Waals surface area contributed by atoms with E-state index in [-0.39, 0.29) is 0 Å². The molecule has 0 aliphatic heterocycles. The molecule has 0 radical (unpaired) electrons. The van der Waals surface area contributed by atoms with E-state index in [1.54, 1.807) is 0 Å². The summed E-state index contributed by atoms with van der Waals surface area (Å²) in [4.78, 5) is 0. The third-order valence-electron chi connectivity index (χ3n) is 4.81. The van der Waals surface area contributed by atoms with Crippen molar-refractivity contribution in [3.05, 3.63) is 91.0 Å². The SMILES string of the molecule is Nc1ccc(-c2ccc(Nc3cccc4oc5ccccc5c34)cc2)cc1. The van der Waals surface area contributed by atoms with Crippen LogP contribution in [0, 0.1) is 0 Å². The number of para-hydroxylation sites is 1. The Morgan fingerprint density at radius 2 is 1.30 bits per heavy atom. The first-order valence-electron chi connectivity index (χ1n) is 8.91. The van der Waals surface area contributed by atoms with E-state index in [4.69, 9.17) is 10.2 Å². The highest BCUT2D eigenvalue weighted by Gasteiger charge is 2.10. The quantitative estimate of drug-likeness (QED) is 0.361. The summed E-state index contributed by atoms with van der Waals surface area (Å²) in [6.07, 6.45) is 0. The van der Waals surface area contributed by atoms with Crippen LogP contribution < -0.4 is 11.1 Å². The average molecular weight is 350 g/mol. The van der Waals surface area contributed by atoms with Crippen LogP contribution in [0.4, 0.5) is 17.1 Å². The second-order valence-corrected chi connectivity index (χ2v) is 6.60. The Morgan fingerprint density at radius 1 is 0.630 bits per heavy atom. The Bertz CT molecular complexity index is 1240. The zero-order valence-corrected chi connectivity index (χ0v) is 14.6. The van der Waals surface area contributed by atoms with Crippen molar-refractivity contribution in [2.24, 2.45) is 0 Å². The van der Waals surface area contributed by atoms with E-state index < -0.39 is 0 Å². The minimum Gasteiger partial charge on any atom is -0.456 e. The summed E-state index contributed by atoms with van der Waals surface area (Å²) in [7, 11) is 0. The number of hydrogen-bond acceptors (Lipinski definition) is 3. The molecule has 5 aromatic rings. The third-order valence-corrected chi connectivity index (χ3v) is 4.81. The van der Waals surface area contributed by atoms with E-state index in [1.807, 2.05) is 54.6 Å². The van der Waals surface area contributed by atoms with E-state index in [0.717, 1.165) is 50.1 Å². The zero-order valence-electron chi connectivity index (χ0n) is 14.6. The molecule has 0 aliphatic rings. The first-order valence-corrected chi connectivity index (χ1v) is 8.91. The molecule has 0 atom stereocenters. The van der Waals surface area contributed by atoms with Crippen molar-refractivity contribution in [3.63, 3.8) is 0 Å². The Hall–Kier alpha value is -3.72. The van der Waals surface area contributed by atoms with Gasteiger partial charge in [0.05, 0.1) is 11.1 Å². The Balaban J connectivity index is 1.51. The second kappa shape index (κ2) is 6.22. The Labute approximate surface area is 157 Å². The van der Waals surface area contributed by atoms with Crippen molar-refractivity contribution in [3.8, 4) is 11.1 Å². The van der Waals surface area contributed by atoms with Crippen LogP contribution in [0.25, 0.3) is 33.1 Å². The van der Waals surface area contributed by atoms with Gasteiger partial charge in [-0.25, -0.2) is 0 Å². The number of fused-ring (bicyclic) bond motifs is 3. The number of anilines is 3. The van der Waals surface area contributed by atoms with Crippen LogP contribution in [0.2, 0.25) is 0 Å². The van der Waals surface area contributed by atoms with Crippen molar-refractivity contribution in [1.82, 2.24) is 0 Å². The normalized spacial score (nSPS) is 11.1. The van der Waals surface area contributed by atoms with Gasteiger partial charge in [-0.1, -0.05) is 48.5 Å². The van der Waals surface area contributed by atoms with E-state index in [0.29, 0.717) is 0 Å². The summed E-state index contributed by atoms with van der Waals surface area (Å²) < 4.78 is 5.97. The predicted octanol–water partition coefficient (Wildman–Crippen LogP) is 6.58.